The molecule has 3 rings (SSSR count). The molecular formula is C15H17ClN2O2. The minimum atomic E-state index is -0.0773. The molecule has 0 spiro atoms. The highest BCUT2D eigenvalue weighted by atomic mass is 35.5. The number of H-pyrrole nitrogens is 1. The smallest absolute Gasteiger partial charge is 0.253 e. The van der Waals surface area contributed by atoms with Gasteiger partial charge >= 0.3 is 0 Å². The van der Waals surface area contributed by atoms with Gasteiger partial charge in [0, 0.05) is 24.2 Å². The second-order valence-electron chi connectivity index (χ2n) is 5.13. The number of amides is 1. The Morgan fingerprint density at radius 1 is 1.55 bits per heavy atom. The maximum absolute atomic E-state index is 12.4. The molecule has 1 aromatic carbocycles. The zero-order valence-electron chi connectivity index (χ0n) is 11.3. The number of para-hydroxylation sites is 1. The Hall–Kier alpha value is -1.52. The van der Waals surface area contributed by atoms with Crippen molar-refractivity contribution in [2.24, 2.45) is 0 Å². The summed E-state index contributed by atoms with van der Waals surface area (Å²) in [7, 11) is 0. The predicted molar refractivity (Wildman–Crippen MR) is 79.4 cm³/mol. The highest BCUT2D eigenvalue weighted by molar-refractivity contribution is 6.35. The highest BCUT2D eigenvalue weighted by Crippen LogP contribution is 2.27. The first-order chi connectivity index (χ1) is 9.66. The lowest BCUT2D eigenvalue weighted by molar-refractivity contribution is 0.0858. The van der Waals surface area contributed by atoms with Gasteiger partial charge in [-0.05, 0) is 25.8 Å². The lowest BCUT2D eigenvalue weighted by Crippen LogP contribution is -2.32. The van der Waals surface area contributed by atoms with Crippen molar-refractivity contribution in [2.75, 3.05) is 13.2 Å². The summed E-state index contributed by atoms with van der Waals surface area (Å²) in [6.07, 6.45) is 2.23. The first kappa shape index (κ1) is 13.5. The Morgan fingerprint density at radius 2 is 2.40 bits per heavy atom. The van der Waals surface area contributed by atoms with Crippen LogP contribution in [-0.4, -0.2) is 30.1 Å². The molecule has 0 saturated carbocycles. The van der Waals surface area contributed by atoms with Gasteiger partial charge in [-0.25, -0.2) is 0 Å². The van der Waals surface area contributed by atoms with Gasteiger partial charge in [0.15, 0.2) is 0 Å². The summed E-state index contributed by atoms with van der Waals surface area (Å²) in [6, 6.07) is 5.58. The average Bonchev–Trinajstić information content (AvgIpc) is 3.04. The van der Waals surface area contributed by atoms with Crippen LogP contribution < -0.4 is 5.32 Å². The second kappa shape index (κ2) is 5.46. The molecule has 0 radical (unpaired) electrons. The molecule has 1 atom stereocenters. The Balaban J connectivity index is 1.83. The Labute approximate surface area is 122 Å². The predicted octanol–water partition coefficient (Wildman–Crippen LogP) is 3.04. The van der Waals surface area contributed by atoms with Crippen LogP contribution >= 0.6 is 11.6 Å². The van der Waals surface area contributed by atoms with Gasteiger partial charge in [0.05, 0.1) is 22.2 Å². The number of carbonyl (C=O) groups excluding carboxylic acids is 1. The molecule has 1 aliphatic heterocycles. The number of nitrogens with one attached hydrogen (secondary N) is 2. The summed E-state index contributed by atoms with van der Waals surface area (Å²) in [5.41, 5.74) is 2.31. The van der Waals surface area contributed by atoms with Crippen molar-refractivity contribution in [1.29, 1.82) is 0 Å². The molecule has 1 fully saturated rings. The van der Waals surface area contributed by atoms with Crippen LogP contribution in [0.15, 0.2) is 18.2 Å². The first-order valence-electron chi connectivity index (χ1n) is 6.83. The average molecular weight is 293 g/mol. The molecule has 2 N–H and O–H groups in total. The fourth-order valence-electron chi connectivity index (χ4n) is 2.70. The quantitative estimate of drug-likeness (QED) is 0.913. The molecule has 106 valence electrons. The number of aromatic nitrogens is 1. The van der Waals surface area contributed by atoms with E-state index in [0.29, 0.717) is 17.1 Å². The zero-order chi connectivity index (χ0) is 14.1. The molecule has 1 amide bonds. The lowest BCUT2D eigenvalue weighted by Gasteiger charge is -2.10. The van der Waals surface area contributed by atoms with Crippen LogP contribution in [0.4, 0.5) is 0 Å². The zero-order valence-corrected chi connectivity index (χ0v) is 12.1. The third-order valence-corrected chi connectivity index (χ3v) is 4.03. The highest BCUT2D eigenvalue weighted by Gasteiger charge is 2.20. The molecule has 4 nitrogen and oxygen atoms in total. The fourth-order valence-corrected chi connectivity index (χ4v) is 2.93. The molecular weight excluding hydrogens is 276 g/mol. The monoisotopic (exact) mass is 292 g/mol. The number of aromatic amines is 1. The van der Waals surface area contributed by atoms with E-state index in [4.69, 9.17) is 16.3 Å². The van der Waals surface area contributed by atoms with Crippen LogP contribution in [0, 0.1) is 6.92 Å². The van der Waals surface area contributed by atoms with Crippen molar-refractivity contribution in [3.05, 3.63) is 34.5 Å². The normalized spacial score (nSPS) is 18.6. The Morgan fingerprint density at radius 3 is 3.15 bits per heavy atom. The summed E-state index contributed by atoms with van der Waals surface area (Å²) in [5, 5.41) is 4.44. The van der Waals surface area contributed by atoms with Crippen molar-refractivity contribution >= 4 is 28.4 Å². The van der Waals surface area contributed by atoms with Gasteiger partial charge in [-0.3, -0.25) is 4.79 Å². The van der Waals surface area contributed by atoms with Gasteiger partial charge in [-0.15, -0.1) is 0 Å². The van der Waals surface area contributed by atoms with Crippen LogP contribution in [0.3, 0.4) is 0 Å². The van der Waals surface area contributed by atoms with Gasteiger partial charge in [0.25, 0.3) is 5.91 Å². The van der Waals surface area contributed by atoms with E-state index < -0.39 is 0 Å². The van der Waals surface area contributed by atoms with E-state index in [2.05, 4.69) is 10.3 Å². The van der Waals surface area contributed by atoms with Gasteiger partial charge in [0.1, 0.15) is 0 Å². The van der Waals surface area contributed by atoms with E-state index in [-0.39, 0.29) is 12.0 Å². The van der Waals surface area contributed by atoms with Gasteiger partial charge in [-0.1, -0.05) is 23.7 Å². The van der Waals surface area contributed by atoms with E-state index >= 15 is 0 Å². The second-order valence-corrected chi connectivity index (χ2v) is 5.54. The lowest BCUT2D eigenvalue weighted by atomic mass is 10.1. The van der Waals surface area contributed by atoms with E-state index in [1.807, 2.05) is 25.1 Å². The molecule has 2 aromatic rings. The molecule has 20 heavy (non-hydrogen) atoms. The number of halogens is 1. The topological polar surface area (TPSA) is 54.1 Å². The minimum absolute atomic E-state index is 0.0773. The van der Waals surface area contributed by atoms with E-state index in [0.717, 1.165) is 36.0 Å². The maximum Gasteiger partial charge on any atom is 0.253 e. The largest absolute Gasteiger partial charge is 0.376 e. The number of hydrogen-bond donors (Lipinski definition) is 2. The van der Waals surface area contributed by atoms with Crippen molar-refractivity contribution in [2.45, 2.75) is 25.9 Å². The van der Waals surface area contributed by atoms with E-state index in [1.165, 1.54) is 0 Å². The number of rotatable bonds is 3. The van der Waals surface area contributed by atoms with Crippen LogP contribution in [0.25, 0.3) is 10.9 Å². The van der Waals surface area contributed by atoms with Crippen molar-refractivity contribution in [3.8, 4) is 0 Å². The SMILES string of the molecule is Cc1[nH]c2c(Cl)cccc2c1C(=O)NCC1CCCO1. The fraction of sp³-hybridized carbons (Fsp3) is 0.400. The summed E-state index contributed by atoms with van der Waals surface area (Å²) >= 11 is 6.14. The van der Waals surface area contributed by atoms with E-state index in [9.17, 15) is 4.79 Å². The van der Waals surface area contributed by atoms with Crippen LogP contribution in [0.2, 0.25) is 5.02 Å². The maximum atomic E-state index is 12.4. The molecule has 5 heteroatoms. The summed E-state index contributed by atoms with van der Waals surface area (Å²) in [5.74, 6) is -0.0773. The first-order valence-corrected chi connectivity index (χ1v) is 7.21. The number of fused-ring (bicyclic) bond motifs is 1. The number of ether oxygens (including phenoxy) is 1. The molecule has 1 aromatic heterocycles. The van der Waals surface area contributed by atoms with Crippen LogP contribution in [-0.2, 0) is 4.74 Å². The summed E-state index contributed by atoms with van der Waals surface area (Å²) in [4.78, 5) is 15.6. The van der Waals surface area contributed by atoms with Gasteiger partial charge in [-0.2, -0.15) is 0 Å². The van der Waals surface area contributed by atoms with Crippen molar-refractivity contribution < 1.29 is 9.53 Å². The van der Waals surface area contributed by atoms with Crippen molar-refractivity contribution in [1.82, 2.24) is 10.3 Å². The number of aryl methyl sites for hydroxylation is 1. The third kappa shape index (κ3) is 2.41. The molecule has 1 saturated heterocycles. The Bertz CT molecular complexity index is 645. The molecule has 0 bridgehead atoms. The molecule has 2 heterocycles. The van der Waals surface area contributed by atoms with E-state index in [1.54, 1.807) is 0 Å². The van der Waals surface area contributed by atoms with Gasteiger partial charge < -0.3 is 15.0 Å². The molecule has 1 unspecified atom stereocenters. The molecule has 0 aliphatic carbocycles. The molecule has 1 aliphatic rings. The van der Waals surface area contributed by atoms with Gasteiger partial charge in [0.2, 0.25) is 0 Å². The minimum Gasteiger partial charge on any atom is -0.376 e. The van der Waals surface area contributed by atoms with Crippen molar-refractivity contribution in [3.63, 3.8) is 0 Å². The third-order valence-electron chi connectivity index (χ3n) is 3.71. The van der Waals surface area contributed by atoms with Crippen LogP contribution in [0.5, 0.6) is 0 Å². The Kier molecular flexibility index (Phi) is 3.68. The number of benzene rings is 1. The standard InChI is InChI=1S/C15H17ClN2O2/c1-9-13(11-5-2-6-12(16)14(11)18-9)15(19)17-8-10-4-3-7-20-10/h2,5-6,10,18H,3-4,7-8H2,1H3,(H,17,19). The summed E-state index contributed by atoms with van der Waals surface area (Å²) in [6.45, 7) is 3.24. The summed E-state index contributed by atoms with van der Waals surface area (Å²) < 4.78 is 5.51. The number of carbonyl (C=O) groups is 1. The van der Waals surface area contributed by atoms with Crippen LogP contribution in [0.1, 0.15) is 28.9 Å². The number of hydrogen-bond acceptors (Lipinski definition) is 2.